The first-order chi connectivity index (χ1) is 18.3. The van der Waals surface area contributed by atoms with Crippen LogP contribution in [0.4, 0.5) is 0 Å². The molecule has 8 heteroatoms. The number of nitrogens with one attached hydrogen (secondary N) is 1. The number of benzene rings is 3. The number of ether oxygens (including phenoxy) is 2. The molecule has 2 amide bonds. The van der Waals surface area contributed by atoms with E-state index in [0.29, 0.717) is 0 Å². The largest absolute Gasteiger partial charge is 0.468 e. The van der Waals surface area contributed by atoms with Gasteiger partial charge in [0.05, 0.1) is 19.6 Å². The van der Waals surface area contributed by atoms with Crippen molar-refractivity contribution in [2.75, 3.05) is 14.2 Å². The molecule has 0 fully saturated rings. The average Bonchev–Trinajstić information content (AvgIpc) is 2.95. The van der Waals surface area contributed by atoms with E-state index >= 15 is 0 Å². The number of hydrogen-bond acceptors (Lipinski definition) is 6. The van der Waals surface area contributed by atoms with Gasteiger partial charge >= 0.3 is 11.9 Å². The predicted molar refractivity (Wildman–Crippen MR) is 142 cm³/mol. The summed E-state index contributed by atoms with van der Waals surface area (Å²) in [6.45, 7) is 1.47. The molecule has 0 saturated carbocycles. The van der Waals surface area contributed by atoms with Crippen molar-refractivity contribution in [1.29, 1.82) is 0 Å². The lowest BCUT2D eigenvalue weighted by Crippen LogP contribution is -2.53. The second-order valence-corrected chi connectivity index (χ2v) is 9.01. The molecule has 3 aromatic rings. The number of rotatable bonds is 11. The van der Waals surface area contributed by atoms with Gasteiger partial charge in [-0.1, -0.05) is 97.9 Å². The Morgan fingerprint density at radius 3 is 1.42 bits per heavy atom. The van der Waals surface area contributed by atoms with Gasteiger partial charge in [-0.05, 0) is 16.7 Å². The van der Waals surface area contributed by atoms with Gasteiger partial charge in [0.15, 0.2) is 5.92 Å². The summed E-state index contributed by atoms with van der Waals surface area (Å²) in [6.07, 6.45) is -0.0807. The summed E-state index contributed by atoms with van der Waals surface area (Å²) in [6, 6.07) is 27.5. The van der Waals surface area contributed by atoms with Crippen LogP contribution in [-0.4, -0.2) is 44.0 Å². The fraction of sp³-hybridized carbons (Fsp3) is 0.267. The topological polar surface area (TPSA) is 125 Å². The first-order valence-electron chi connectivity index (χ1n) is 12.2. The molecule has 0 aliphatic carbocycles. The highest BCUT2D eigenvalue weighted by molar-refractivity contribution is 5.97. The third-order valence-electron chi connectivity index (χ3n) is 6.81. The number of esters is 2. The van der Waals surface area contributed by atoms with Crippen LogP contribution in [0, 0.1) is 11.8 Å². The molecule has 0 bridgehead atoms. The van der Waals surface area contributed by atoms with Crippen molar-refractivity contribution in [3.8, 4) is 0 Å². The molecule has 2 atom stereocenters. The normalized spacial score (nSPS) is 12.7. The summed E-state index contributed by atoms with van der Waals surface area (Å²) in [5.41, 5.74) is 7.35. The van der Waals surface area contributed by atoms with E-state index in [1.807, 2.05) is 91.0 Å². The van der Waals surface area contributed by atoms with Crippen LogP contribution in [0.5, 0.6) is 0 Å². The van der Waals surface area contributed by atoms with Gasteiger partial charge in [-0.3, -0.25) is 19.2 Å². The van der Waals surface area contributed by atoms with Crippen molar-refractivity contribution < 1.29 is 28.7 Å². The summed E-state index contributed by atoms with van der Waals surface area (Å²) in [5, 5.41) is 2.69. The van der Waals surface area contributed by atoms with Crippen molar-refractivity contribution in [1.82, 2.24) is 5.32 Å². The maximum atomic E-state index is 13.7. The number of methoxy groups -OCH3 is 2. The standard InChI is InChI=1S/C30H32N2O6/c1-20(25(28(35)37-2)29(36)38-3)26(27(31)34)32-24(33)19-30(21-13-7-4-8-14-21,22-15-9-5-10-16-22)23-17-11-6-12-18-23/h4-18,20,25-26H,19H2,1-3H3,(H2,31,34)(H,32,33)/t20-,26-/m1/s1. The Labute approximate surface area is 222 Å². The number of primary amides is 1. The molecule has 198 valence electrons. The lowest BCUT2D eigenvalue weighted by molar-refractivity contribution is -0.162. The van der Waals surface area contributed by atoms with Crippen molar-refractivity contribution in [2.45, 2.75) is 24.8 Å². The molecule has 0 aliphatic rings. The van der Waals surface area contributed by atoms with Crippen LogP contribution in [0.1, 0.15) is 30.0 Å². The molecule has 3 N–H and O–H groups in total. The molecule has 3 rings (SSSR count). The van der Waals surface area contributed by atoms with Crippen molar-refractivity contribution in [2.24, 2.45) is 17.6 Å². The van der Waals surface area contributed by atoms with E-state index in [1.54, 1.807) is 0 Å². The Balaban J connectivity index is 2.07. The number of amides is 2. The molecule has 38 heavy (non-hydrogen) atoms. The van der Waals surface area contributed by atoms with Gasteiger partial charge < -0.3 is 20.5 Å². The van der Waals surface area contributed by atoms with Crippen LogP contribution in [0.3, 0.4) is 0 Å². The summed E-state index contributed by atoms with van der Waals surface area (Å²) >= 11 is 0. The fourth-order valence-electron chi connectivity index (χ4n) is 4.87. The van der Waals surface area contributed by atoms with Crippen LogP contribution >= 0.6 is 0 Å². The van der Waals surface area contributed by atoms with Gasteiger partial charge in [0.2, 0.25) is 11.8 Å². The fourth-order valence-corrected chi connectivity index (χ4v) is 4.87. The highest BCUT2D eigenvalue weighted by Crippen LogP contribution is 2.42. The number of nitrogens with two attached hydrogens (primary N) is 1. The highest BCUT2D eigenvalue weighted by Gasteiger charge is 2.43. The zero-order valence-electron chi connectivity index (χ0n) is 21.6. The molecule has 8 nitrogen and oxygen atoms in total. The molecule has 0 saturated heterocycles. The van der Waals surface area contributed by atoms with E-state index < -0.39 is 47.0 Å². The minimum absolute atomic E-state index is 0.0807. The van der Waals surface area contributed by atoms with E-state index in [-0.39, 0.29) is 6.42 Å². The Morgan fingerprint density at radius 1 is 0.737 bits per heavy atom. The number of carbonyl (C=O) groups is 4. The monoisotopic (exact) mass is 516 g/mol. The summed E-state index contributed by atoms with van der Waals surface area (Å²) in [7, 11) is 2.24. The Bertz CT molecular complexity index is 1130. The van der Waals surface area contributed by atoms with E-state index in [0.717, 1.165) is 30.9 Å². The highest BCUT2D eigenvalue weighted by atomic mass is 16.5. The minimum atomic E-state index is -1.45. The van der Waals surface area contributed by atoms with Crippen LogP contribution in [0.2, 0.25) is 0 Å². The van der Waals surface area contributed by atoms with E-state index in [1.165, 1.54) is 6.92 Å². The maximum absolute atomic E-state index is 13.7. The smallest absolute Gasteiger partial charge is 0.320 e. The Morgan fingerprint density at radius 2 is 1.11 bits per heavy atom. The summed E-state index contributed by atoms with van der Waals surface area (Å²) in [5.74, 6) is -5.66. The first kappa shape index (κ1) is 28.1. The second kappa shape index (κ2) is 12.7. The predicted octanol–water partition coefficient (Wildman–Crippen LogP) is 2.98. The van der Waals surface area contributed by atoms with Crippen molar-refractivity contribution in [3.05, 3.63) is 108 Å². The third kappa shape index (κ3) is 5.91. The Kier molecular flexibility index (Phi) is 9.38. The van der Waals surface area contributed by atoms with Crippen LogP contribution in [-0.2, 0) is 34.1 Å². The quantitative estimate of drug-likeness (QED) is 0.229. The van der Waals surface area contributed by atoms with Crippen molar-refractivity contribution >= 4 is 23.8 Å². The molecule has 3 aromatic carbocycles. The van der Waals surface area contributed by atoms with Gasteiger partial charge in [0.25, 0.3) is 0 Å². The average molecular weight is 517 g/mol. The molecule has 0 aromatic heterocycles. The zero-order valence-corrected chi connectivity index (χ0v) is 21.6. The van der Waals surface area contributed by atoms with Crippen LogP contribution < -0.4 is 11.1 Å². The Hall–Kier alpha value is -4.46. The molecule has 0 radical (unpaired) electrons. The van der Waals surface area contributed by atoms with Crippen molar-refractivity contribution in [3.63, 3.8) is 0 Å². The maximum Gasteiger partial charge on any atom is 0.320 e. The molecular weight excluding hydrogens is 484 g/mol. The van der Waals surface area contributed by atoms with Crippen LogP contribution in [0.15, 0.2) is 91.0 Å². The van der Waals surface area contributed by atoms with Crippen LogP contribution in [0.25, 0.3) is 0 Å². The second-order valence-electron chi connectivity index (χ2n) is 9.01. The zero-order chi connectivity index (χ0) is 27.7. The summed E-state index contributed by atoms with van der Waals surface area (Å²) in [4.78, 5) is 51.0. The number of carbonyl (C=O) groups excluding carboxylic acids is 4. The lowest BCUT2D eigenvalue weighted by Gasteiger charge is -2.36. The SMILES string of the molecule is COC(=O)C(C(=O)OC)[C@@H](C)[C@@H](NC(=O)CC(c1ccccc1)(c1ccccc1)c1ccccc1)C(N)=O. The first-order valence-corrected chi connectivity index (χ1v) is 12.2. The molecule has 0 spiro atoms. The van der Waals surface area contributed by atoms with E-state index in [4.69, 9.17) is 15.2 Å². The van der Waals surface area contributed by atoms with E-state index in [9.17, 15) is 19.2 Å². The lowest BCUT2D eigenvalue weighted by atomic mass is 9.67. The molecular formula is C30H32N2O6. The van der Waals surface area contributed by atoms with Gasteiger partial charge in [-0.15, -0.1) is 0 Å². The van der Waals surface area contributed by atoms with Gasteiger partial charge in [0, 0.05) is 12.3 Å². The number of hydrogen-bond donors (Lipinski definition) is 2. The minimum Gasteiger partial charge on any atom is -0.468 e. The molecule has 0 unspecified atom stereocenters. The van der Waals surface area contributed by atoms with Gasteiger partial charge in [0.1, 0.15) is 6.04 Å². The van der Waals surface area contributed by atoms with Gasteiger partial charge in [-0.2, -0.15) is 0 Å². The molecule has 0 aliphatic heterocycles. The third-order valence-corrected chi connectivity index (χ3v) is 6.81. The van der Waals surface area contributed by atoms with E-state index in [2.05, 4.69) is 5.32 Å². The van der Waals surface area contributed by atoms with Gasteiger partial charge in [-0.25, -0.2) is 0 Å². The summed E-state index contributed by atoms with van der Waals surface area (Å²) < 4.78 is 9.48. The molecule has 0 heterocycles.